The third-order valence-corrected chi connectivity index (χ3v) is 2.81. The summed E-state index contributed by atoms with van der Waals surface area (Å²) in [5, 5.41) is 2.84. The summed E-state index contributed by atoms with van der Waals surface area (Å²) < 4.78 is 2.87. The van der Waals surface area contributed by atoms with E-state index in [1.807, 2.05) is 35.0 Å². The number of nitrogens with zero attached hydrogens (tertiary/aromatic N) is 2. The Hall–Kier alpha value is -1.62. The van der Waals surface area contributed by atoms with Crippen molar-refractivity contribution in [3.63, 3.8) is 0 Å². The topological polar surface area (TPSA) is 46.9 Å². The fraction of sp³-hybridized carbons (Fsp3) is 0.167. The molecule has 0 aliphatic rings. The smallest absolute Gasteiger partial charge is 0.226 e. The Morgan fingerprint density at radius 2 is 2.12 bits per heavy atom. The number of amides is 1. The standard InChI is InChI=1S/C12H12BrN3O/c13-10-1-3-11(4-2-10)15-12(17)5-7-16-8-6-14-9-16/h1-4,6,8-9H,5,7H2,(H,15,17). The van der Waals surface area contributed by atoms with Gasteiger partial charge in [-0.05, 0) is 24.3 Å². The molecule has 1 amide bonds. The Kier molecular flexibility index (Phi) is 3.93. The number of hydrogen-bond acceptors (Lipinski definition) is 2. The molecule has 2 aromatic rings. The van der Waals surface area contributed by atoms with Crippen LogP contribution in [0.3, 0.4) is 0 Å². The Morgan fingerprint density at radius 1 is 1.35 bits per heavy atom. The third-order valence-electron chi connectivity index (χ3n) is 2.28. The molecule has 0 radical (unpaired) electrons. The summed E-state index contributed by atoms with van der Waals surface area (Å²) in [6.07, 6.45) is 5.68. The lowest BCUT2D eigenvalue weighted by Crippen LogP contribution is -2.13. The number of carbonyl (C=O) groups is 1. The highest BCUT2D eigenvalue weighted by Crippen LogP contribution is 2.14. The predicted molar refractivity (Wildman–Crippen MR) is 69.6 cm³/mol. The zero-order valence-electron chi connectivity index (χ0n) is 9.14. The van der Waals surface area contributed by atoms with E-state index >= 15 is 0 Å². The maximum absolute atomic E-state index is 11.6. The molecule has 0 unspecified atom stereocenters. The first-order valence-electron chi connectivity index (χ1n) is 5.25. The number of aromatic nitrogens is 2. The van der Waals surface area contributed by atoms with Crippen LogP contribution in [0.1, 0.15) is 6.42 Å². The van der Waals surface area contributed by atoms with Gasteiger partial charge in [0, 0.05) is 35.5 Å². The molecule has 1 aromatic carbocycles. The van der Waals surface area contributed by atoms with Crippen LogP contribution in [0.2, 0.25) is 0 Å². The normalized spacial score (nSPS) is 10.2. The number of imidazole rings is 1. The predicted octanol–water partition coefficient (Wildman–Crippen LogP) is 2.67. The van der Waals surface area contributed by atoms with Gasteiger partial charge >= 0.3 is 0 Å². The van der Waals surface area contributed by atoms with Crippen molar-refractivity contribution in [2.75, 3.05) is 5.32 Å². The summed E-state index contributed by atoms with van der Waals surface area (Å²) >= 11 is 3.35. The van der Waals surface area contributed by atoms with E-state index in [-0.39, 0.29) is 5.91 Å². The first kappa shape index (κ1) is 11.9. The Bertz CT molecular complexity index is 479. The number of nitrogens with one attached hydrogen (secondary N) is 1. The Labute approximate surface area is 108 Å². The van der Waals surface area contributed by atoms with E-state index in [1.54, 1.807) is 12.5 Å². The Morgan fingerprint density at radius 3 is 2.76 bits per heavy atom. The average molecular weight is 294 g/mol. The van der Waals surface area contributed by atoms with Gasteiger partial charge in [-0.15, -0.1) is 0 Å². The second-order valence-corrected chi connectivity index (χ2v) is 4.52. The first-order chi connectivity index (χ1) is 8.24. The van der Waals surface area contributed by atoms with Gasteiger partial charge in [0.25, 0.3) is 0 Å². The van der Waals surface area contributed by atoms with Crippen LogP contribution >= 0.6 is 15.9 Å². The number of aryl methyl sites for hydroxylation is 1. The van der Waals surface area contributed by atoms with Crippen molar-refractivity contribution in [1.29, 1.82) is 0 Å². The molecule has 88 valence electrons. The van der Waals surface area contributed by atoms with Gasteiger partial charge in [-0.1, -0.05) is 15.9 Å². The summed E-state index contributed by atoms with van der Waals surface area (Å²) in [6.45, 7) is 0.641. The van der Waals surface area contributed by atoms with Gasteiger partial charge < -0.3 is 9.88 Å². The van der Waals surface area contributed by atoms with Gasteiger partial charge in [-0.25, -0.2) is 4.98 Å². The van der Waals surface area contributed by atoms with Gasteiger partial charge in [0.2, 0.25) is 5.91 Å². The number of benzene rings is 1. The molecule has 1 N–H and O–H groups in total. The third kappa shape index (κ3) is 3.71. The zero-order valence-corrected chi connectivity index (χ0v) is 10.7. The molecule has 4 nitrogen and oxygen atoms in total. The Balaban J connectivity index is 1.83. The quantitative estimate of drug-likeness (QED) is 0.942. The largest absolute Gasteiger partial charge is 0.337 e. The van der Waals surface area contributed by atoms with Gasteiger partial charge in [0.05, 0.1) is 6.33 Å². The number of anilines is 1. The summed E-state index contributed by atoms with van der Waals surface area (Å²) in [5.41, 5.74) is 0.809. The second kappa shape index (κ2) is 5.63. The second-order valence-electron chi connectivity index (χ2n) is 3.61. The minimum absolute atomic E-state index is 0.000947. The molecule has 0 fully saturated rings. The van der Waals surface area contributed by atoms with Gasteiger partial charge in [0.15, 0.2) is 0 Å². The number of halogens is 1. The van der Waals surface area contributed by atoms with Crippen LogP contribution < -0.4 is 5.32 Å². The summed E-state index contributed by atoms with van der Waals surface area (Å²) in [5.74, 6) is 0.000947. The summed E-state index contributed by atoms with van der Waals surface area (Å²) in [7, 11) is 0. The maximum atomic E-state index is 11.6. The van der Waals surface area contributed by atoms with Crippen LogP contribution in [0.4, 0.5) is 5.69 Å². The minimum atomic E-state index is 0.000947. The zero-order chi connectivity index (χ0) is 12.1. The van der Waals surface area contributed by atoms with Crippen molar-refractivity contribution in [3.05, 3.63) is 47.5 Å². The van der Waals surface area contributed by atoms with E-state index in [4.69, 9.17) is 0 Å². The highest BCUT2D eigenvalue weighted by atomic mass is 79.9. The molecular weight excluding hydrogens is 282 g/mol. The van der Waals surface area contributed by atoms with Crippen LogP contribution in [0.5, 0.6) is 0 Å². The summed E-state index contributed by atoms with van der Waals surface area (Å²) in [4.78, 5) is 15.6. The van der Waals surface area contributed by atoms with E-state index in [1.165, 1.54) is 0 Å². The van der Waals surface area contributed by atoms with Crippen LogP contribution in [0, 0.1) is 0 Å². The van der Waals surface area contributed by atoms with Crippen LogP contribution in [0.25, 0.3) is 0 Å². The first-order valence-corrected chi connectivity index (χ1v) is 6.04. The fourth-order valence-corrected chi connectivity index (χ4v) is 1.67. The molecule has 1 heterocycles. The summed E-state index contributed by atoms with van der Waals surface area (Å²) in [6, 6.07) is 7.51. The highest BCUT2D eigenvalue weighted by molar-refractivity contribution is 9.10. The molecule has 1 aromatic heterocycles. The van der Waals surface area contributed by atoms with E-state index in [2.05, 4.69) is 26.2 Å². The lowest BCUT2D eigenvalue weighted by atomic mass is 10.3. The average Bonchev–Trinajstić information content (AvgIpc) is 2.83. The molecule has 0 spiro atoms. The highest BCUT2D eigenvalue weighted by Gasteiger charge is 2.02. The van der Waals surface area contributed by atoms with Gasteiger partial charge in [-0.2, -0.15) is 0 Å². The van der Waals surface area contributed by atoms with Crippen molar-refractivity contribution in [1.82, 2.24) is 9.55 Å². The molecule has 0 saturated heterocycles. The molecule has 0 bridgehead atoms. The molecule has 0 atom stereocenters. The molecule has 17 heavy (non-hydrogen) atoms. The lowest BCUT2D eigenvalue weighted by molar-refractivity contribution is -0.116. The fourth-order valence-electron chi connectivity index (χ4n) is 1.41. The van der Waals surface area contributed by atoms with Crippen molar-refractivity contribution >= 4 is 27.5 Å². The van der Waals surface area contributed by atoms with Crippen molar-refractivity contribution in [2.45, 2.75) is 13.0 Å². The molecule has 5 heteroatoms. The van der Waals surface area contributed by atoms with Crippen LogP contribution in [-0.2, 0) is 11.3 Å². The minimum Gasteiger partial charge on any atom is -0.337 e. The van der Waals surface area contributed by atoms with E-state index < -0.39 is 0 Å². The number of rotatable bonds is 4. The van der Waals surface area contributed by atoms with Crippen LogP contribution in [0.15, 0.2) is 47.5 Å². The van der Waals surface area contributed by atoms with Gasteiger partial charge in [0.1, 0.15) is 0 Å². The number of carbonyl (C=O) groups excluding carboxylic acids is 1. The van der Waals surface area contributed by atoms with Crippen molar-refractivity contribution in [3.8, 4) is 0 Å². The van der Waals surface area contributed by atoms with E-state index in [0.29, 0.717) is 13.0 Å². The lowest BCUT2D eigenvalue weighted by Gasteiger charge is -2.05. The van der Waals surface area contributed by atoms with E-state index in [9.17, 15) is 4.79 Å². The van der Waals surface area contributed by atoms with Crippen molar-refractivity contribution in [2.24, 2.45) is 0 Å². The van der Waals surface area contributed by atoms with E-state index in [0.717, 1.165) is 10.2 Å². The monoisotopic (exact) mass is 293 g/mol. The SMILES string of the molecule is O=C(CCn1ccnc1)Nc1ccc(Br)cc1. The molecule has 0 saturated carbocycles. The number of hydrogen-bond donors (Lipinski definition) is 1. The van der Waals surface area contributed by atoms with Gasteiger partial charge in [-0.3, -0.25) is 4.79 Å². The molecule has 0 aliphatic carbocycles. The molecule has 0 aliphatic heterocycles. The molecular formula is C12H12BrN3O. The maximum Gasteiger partial charge on any atom is 0.226 e. The van der Waals surface area contributed by atoms with Crippen LogP contribution in [-0.4, -0.2) is 15.5 Å². The molecule has 2 rings (SSSR count). The van der Waals surface area contributed by atoms with Crippen molar-refractivity contribution < 1.29 is 4.79 Å².